The number of nitrogens with one attached hydrogen (secondary N) is 1. The number of ether oxygens (including phenoxy) is 2. The molecule has 0 saturated carbocycles. The molecule has 0 radical (unpaired) electrons. The maximum atomic E-state index is 13.7. The van der Waals surface area contributed by atoms with Crippen LogP contribution in [0.15, 0.2) is 72.0 Å². The molecular formula is C35H43N5O5S. The minimum absolute atomic E-state index is 0.0196. The molecule has 10 nitrogen and oxygen atoms in total. The number of methoxy groups -OCH3 is 1. The number of likely N-dealkylation sites (tertiary alicyclic amines) is 2. The lowest BCUT2D eigenvalue weighted by molar-refractivity contribution is -0.140. The second-order valence-corrected chi connectivity index (χ2v) is 14.0. The van der Waals surface area contributed by atoms with E-state index in [0.29, 0.717) is 60.6 Å². The molecule has 244 valence electrons. The average molecular weight is 646 g/mol. The van der Waals surface area contributed by atoms with E-state index in [9.17, 15) is 13.2 Å². The van der Waals surface area contributed by atoms with E-state index in [1.807, 2.05) is 46.1 Å². The zero-order valence-electron chi connectivity index (χ0n) is 26.9. The molecule has 0 spiro atoms. The van der Waals surface area contributed by atoms with Crippen LogP contribution in [0.1, 0.15) is 42.4 Å². The Bertz CT molecular complexity index is 1770. The number of pyridine rings is 1. The van der Waals surface area contributed by atoms with E-state index in [-0.39, 0.29) is 17.3 Å². The topological polar surface area (TPSA) is 106 Å². The maximum Gasteiger partial charge on any atom is 0.262 e. The Balaban J connectivity index is 1.17. The van der Waals surface area contributed by atoms with Gasteiger partial charge in [0.2, 0.25) is 5.91 Å². The lowest BCUT2D eigenvalue weighted by Crippen LogP contribution is -2.48. The standard InChI is InChI=1S/C35H43N5O5S/c1-26-22-30(44-3)23-27(2)34(26)46(42,43)37-31-10-6-8-28-11-17-40(33(28)31)25-32(41)39-18-12-35(13-19-39,29-9-7-14-36-24-29)45-21-20-38-15-4-5-16-38/h6-11,14,17,22-24,37H,4-5,12-13,15-16,18-21,25H2,1-3H3. The molecule has 2 saturated heterocycles. The molecule has 46 heavy (non-hydrogen) atoms. The minimum Gasteiger partial charge on any atom is -0.497 e. The van der Waals surface area contributed by atoms with Gasteiger partial charge in [0, 0.05) is 49.2 Å². The van der Waals surface area contributed by atoms with E-state index in [1.165, 1.54) is 12.8 Å². The zero-order valence-corrected chi connectivity index (χ0v) is 27.7. The van der Waals surface area contributed by atoms with E-state index < -0.39 is 15.6 Å². The normalized spacial score (nSPS) is 17.0. The molecular weight excluding hydrogens is 602 g/mol. The third-order valence-electron chi connectivity index (χ3n) is 9.37. The zero-order chi connectivity index (χ0) is 32.3. The van der Waals surface area contributed by atoms with Gasteiger partial charge in [0.25, 0.3) is 10.0 Å². The van der Waals surface area contributed by atoms with E-state index in [1.54, 1.807) is 45.4 Å². The summed E-state index contributed by atoms with van der Waals surface area (Å²) in [6.07, 6.45) is 9.36. The highest BCUT2D eigenvalue weighted by molar-refractivity contribution is 7.92. The lowest BCUT2D eigenvalue weighted by atomic mass is 9.85. The number of piperidine rings is 1. The number of amides is 1. The summed E-state index contributed by atoms with van der Waals surface area (Å²) in [4.78, 5) is 22.6. The number of benzene rings is 2. The molecule has 0 atom stereocenters. The molecule has 4 heterocycles. The second-order valence-electron chi connectivity index (χ2n) is 12.4. The van der Waals surface area contributed by atoms with E-state index >= 15 is 0 Å². The summed E-state index contributed by atoms with van der Waals surface area (Å²) in [6.45, 7) is 8.55. The summed E-state index contributed by atoms with van der Waals surface area (Å²) in [5, 5.41) is 0.844. The minimum atomic E-state index is -3.92. The number of para-hydroxylation sites is 1. The summed E-state index contributed by atoms with van der Waals surface area (Å²) in [5.74, 6) is 0.585. The van der Waals surface area contributed by atoms with Crippen molar-refractivity contribution < 1.29 is 22.7 Å². The van der Waals surface area contributed by atoms with Crippen LogP contribution in [0.2, 0.25) is 0 Å². The van der Waals surface area contributed by atoms with Gasteiger partial charge in [-0.15, -0.1) is 0 Å². The maximum absolute atomic E-state index is 13.7. The predicted molar refractivity (Wildman–Crippen MR) is 179 cm³/mol. The van der Waals surface area contributed by atoms with Crippen molar-refractivity contribution in [2.24, 2.45) is 0 Å². The summed E-state index contributed by atoms with van der Waals surface area (Å²) >= 11 is 0. The molecule has 2 aliphatic rings. The number of carbonyl (C=O) groups is 1. The molecule has 1 amide bonds. The van der Waals surface area contributed by atoms with Gasteiger partial charge >= 0.3 is 0 Å². The first-order valence-electron chi connectivity index (χ1n) is 16.0. The lowest BCUT2D eigenvalue weighted by Gasteiger charge is -2.42. The van der Waals surface area contributed by atoms with Crippen molar-refractivity contribution in [3.8, 4) is 5.75 Å². The molecule has 11 heteroatoms. The van der Waals surface area contributed by atoms with Crippen LogP contribution in [0, 0.1) is 13.8 Å². The third kappa shape index (κ3) is 6.63. The van der Waals surface area contributed by atoms with Crippen LogP contribution in [-0.4, -0.2) is 80.1 Å². The molecule has 2 aromatic heterocycles. The van der Waals surface area contributed by atoms with Crippen molar-refractivity contribution >= 4 is 32.5 Å². The monoisotopic (exact) mass is 645 g/mol. The van der Waals surface area contributed by atoms with Gasteiger partial charge in [-0.05, 0) is 94.1 Å². The molecule has 2 aliphatic heterocycles. The molecule has 4 aromatic rings. The van der Waals surface area contributed by atoms with Crippen molar-refractivity contribution in [2.45, 2.75) is 56.6 Å². The van der Waals surface area contributed by atoms with Crippen molar-refractivity contribution in [2.75, 3.05) is 51.2 Å². The van der Waals surface area contributed by atoms with E-state index in [0.717, 1.165) is 30.6 Å². The van der Waals surface area contributed by atoms with E-state index in [2.05, 4.69) is 20.7 Å². The number of hydrogen-bond acceptors (Lipinski definition) is 7. The Morgan fingerprint density at radius 3 is 2.41 bits per heavy atom. The third-order valence-corrected chi connectivity index (χ3v) is 11.0. The van der Waals surface area contributed by atoms with Crippen molar-refractivity contribution in [3.63, 3.8) is 0 Å². The number of sulfonamides is 1. The van der Waals surface area contributed by atoms with Crippen LogP contribution in [-0.2, 0) is 31.7 Å². The quantitative estimate of drug-likeness (QED) is 0.242. The van der Waals surface area contributed by atoms with Crippen LogP contribution in [0.3, 0.4) is 0 Å². The van der Waals surface area contributed by atoms with Gasteiger partial charge in [0.15, 0.2) is 0 Å². The molecule has 2 fully saturated rings. The van der Waals surface area contributed by atoms with Gasteiger partial charge in [-0.1, -0.05) is 18.2 Å². The smallest absolute Gasteiger partial charge is 0.262 e. The second kappa shape index (κ2) is 13.4. The molecule has 2 aromatic carbocycles. The van der Waals surface area contributed by atoms with Crippen LogP contribution >= 0.6 is 0 Å². The Morgan fingerprint density at radius 2 is 1.74 bits per heavy atom. The fourth-order valence-corrected chi connectivity index (χ4v) is 8.53. The Kier molecular flexibility index (Phi) is 9.35. The van der Waals surface area contributed by atoms with Gasteiger partial charge in [-0.2, -0.15) is 0 Å². The van der Waals surface area contributed by atoms with Crippen LogP contribution in [0.25, 0.3) is 10.9 Å². The Labute approximate surface area is 271 Å². The summed E-state index contributed by atoms with van der Waals surface area (Å²) in [5.41, 5.74) is 2.85. The first-order valence-corrected chi connectivity index (χ1v) is 17.5. The van der Waals surface area contributed by atoms with Crippen molar-refractivity contribution in [3.05, 3.63) is 83.8 Å². The molecule has 0 aliphatic carbocycles. The number of aromatic nitrogens is 2. The highest BCUT2D eigenvalue weighted by atomic mass is 32.2. The largest absolute Gasteiger partial charge is 0.497 e. The number of hydrogen-bond donors (Lipinski definition) is 1. The Morgan fingerprint density at radius 1 is 1.00 bits per heavy atom. The number of aryl methyl sites for hydroxylation is 2. The Hall–Kier alpha value is -3.93. The van der Waals surface area contributed by atoms with Crippen LogP contribution in [0.4, 0.5) is 5.69 Å². The summed E-state index contributed by atoms with van der Waals surface area (Å²) < 4.78 is 43.9. The molecule has 0 unspecified atom stereocenters. The number of nitrogens with zero attached hydrogens (tertiary/aromatic N) is 4. The first kappa shape index (κ1) is 32.0. The van der Waals surface area contributed by atoms with Gasteiger partial charge in [-0.3, -0.25) is 14.5 Å². The molecule has 0 bridgehead atoms. The number of rotatable bonds is 11. The molecule has 1 N–H and O–H groups in total. The number of anilines is 1. The first-order chi connectivity index (χ1) is 22.2. The van der Waals surface area contributed by atoms with Gasteiger partial charge < -0.3 is 23.8 Å². The van der Waals surface area contributed by atoms with Crippen LogP contribution < -0.4 is 9.46 Å². The highest BCUT2D eigenvalue weighted by Gasteiger charge is 2.39. The van der Waals surface area contributed by atoms with E-state index in [4.69, 9.17) is 9.47 Å². The van der Waals surface area contributed by atoms with Gasteiger partial charge in [-0.25, -0.2) is 8.42 Å². The summed E-state index contributed by atoms with van der Waals surface area (Å²) in [7, 11) is -2.37. The van der Waals surface area contributed by atoms with Crippen molar-refractivity contribution in [1.82, 2.24) is 19.4 Å². The fourth-order valence-electron chi connectivity index (χ4n) is 7.01. The average Bonchev–Trinajstić information content (AvgIpc) is 3.72. The van der Waals surface area contributed by atoms with Gasteiger partial charge in [0.1, 0.15) is 12.3 Å². The number of carbonyl (C=O) groups excluding carboxylic acids is 1. The van der Waals surface area contributed by atoms with Gasteiger partial charge in [0.05, 0.1) is 35.4 Å². The summed E-state index contributed by atoms with van der Waals surface area (Å²) in [6, 6.07) is 14.8. The predicted octanol–water partition coefficient (Wildman–Crippen LogP) is 5.09. The van der Waals surface area contributed by atoms with Crippen molar-refractivity contribution in [1.29, 1.82) is 0 Å². The SMILES string of the molecule is COc1cc(C)c(S(=O)(=O)Nc2cccc3ccn(CC(=O)N4CCC(OCCN5CCCC5)(c5cccnc5)CC4)c23)c(C)c1. The highest BCUT2D eigenvalue weighted by Crippen LogP contribution is 2.37. The van der Waals surface area contributed by atoms with Crippen LogP contribution in [0.5, 0.6) is 5.75 Å². The molecule has 6 rings (SSSR count). The fraction of sp³-hybridized carbons (Fsp3) is 0.429. The number of fused-ring (bicyclic) bond motifs is 1.